The number of aliphatic hydroxyl groups is 1. The predicted molar refractivity (Wildman–Crippen MR) is 78.4 cm³/mol. The molecule has 4 nitrogen and oxygen atoms in total. The van der Waals surface area contributed by atoms with Gasteiger partial charge in [0.2, 0.25) is 0 Å². The Balaban J connectivity index is 1.84. The van der Waals surface area contributed by atoms with Crippen LogP contribution in [0.3, 0.4) is 0 Å². The van der Waals surface area contributed by atoms with Crippen LogP contribution in [-0.4, -0.2) is 32.2 Å². The Labute approximate surface area is 127 Å². The third-order valence-electron chi connectivity index (χ3n) is 3.99. The number of β-amino-alcohol motifs (C(OH)–C–C–N with tert-alkyl or cyclic N) is 1. The van der Waals surface area contributed by atoms with Crippen LogP contribution in [0.15, 0.2) is 30.5 Å². The van der Waals surface area contributed by atoms with Crippen LogP contribution >= 0.6 is 11.6 Å². The first kappa shape index (κ1) is 14.5. The maximum Gasteiger partial charge on any atom is 0.128 e. The molecular weight excluding hydrogens is 293 g/mol. The molecule has 1 N–H and O–H groups in total. The summed E-state index contributed by atoms with van der Waals surface area (Å²) in [6.45, 7) is 1.12. The van der Waals surface area contributed by atoms with E-state index >= 15 is 0 Å². The molecule has 2 aromatic rings. The molecule has 112 valence electrons. The van der Waals surface area contributed by atoms with Gasteiger partial charge in [0.25, 0.3) is 0 Å². The highest BCUT2D eigenvalue weighted by Crippen LogP contribution is 2.33. The normalized spacial score (nSPS) is 22.9. The second kappa shape index (κ2) is 5.75. The van der Waals surface area contributed by atoms with Crippen molar-refractivity contribution in [1.29, 1.82) is 0 Å². The summed E-state index contributed by atoms with van der Waals surface area (Å²) in [7, 11) is 1.86. The van der Waals surface area contributed by atoms with Gasteiger partial charge in [0.1, 0.15) is 16.8 Å². The molecule has 3 rings (SSSR count). The van der Waals surface area contributed by atoms with Crippen LogP contribution in [0.5, 0.6) is 0 Å². The Hall–Kier alpha value is -1.43. The average Bonchev–Trinajstić information content (AvgIpc) is 2.96. The fourth-order valence-corrected chi connectivity index (χ4v) is 3.01. The van der Waals surface area contributed by atoms with Crippen molar-refractivity contribution in [3.05, 3.63) is 52.8 Å². The lowest BCUT2D eigenvalue weighted by Crippen LogP contribution is -2.26. The minimum atomic E-state index is -0.408. The first-order chi connectivity index (χ1) is 10.0. The number of imidazole rings is 1. The number of hydrogen-bond donors (Lipinski definition) is 1. The smallest absolute Gasteiger partial charge is 0.128 e. The van der Waals surface area contributed by atoms with E-state index in [0.717, 1.165) is 11.4 Å². The summed E-state index contributed by atoms with van der Waals surface area (Å²) < 4.78 is 15.2. The molecule has 1 aromatic carbocycles. The molecule has 1 aliphatic rings. The van der Waals surface area contributed by atoms with E-state index in [2.05, 4.69) is 9.88 Å². The predicted octanol–water partition coefficient (Wildman–Crippen LogP) is 2.52. The van der Waals surface area contributed by atoms with Gasteiger partial charge in [-0.2, -0.15) is 0 Å². The first-order valence-corrected chi connectivity index (χ1v) is 7.26. The van der Waals surface area contributed by atoms with Crippen LogP contribution in [0.1, 0.15) is 23.9 Å². The summed E-state index contributed by atoms with van der Waals surface area (Å²) in [5, 5.41) is 10.5. The van der Waals surface area contributed by atoms with Crippen LogP contribution in [0.25, 0.3) is 0 Å². The maximum atomic E-state index is 13.4. The number of rotatable bonds is 3. The van der Waals surface area contributed by atoms with E-state index in [0.29, 0.717) is 24.7 Å². The van der Waals surface area contributed by atoms with E-state index in [1.807, 2.05) is 17.7 Å². The number of aromatic nitrogens is 2. The molecule has 2 heterocycles. The monoisotopic (exact) mass is 309 g/mol. The Morgan fingerprint density at radius 1 is 1.48 bits per heavy atom. The zero-order valence-corrected chi connectivity index (χ0v) is 12.5. The van der Waals surface area contributed by atoms with Crippen LogP contribution < -0.4 is 0 Å². The van der Waals surface area contributed by atoms with E-state index in [1.165, 1.54) is 12.1 Å². The van der Waals surface area contributed by atoms with E-state index in [-0.39, 0.29) is 11.9 Å². The molecule has 0 bridgehead atoms. The molecule has 1 aliphatic heterocycles. The summed E-state index contributed by atoms with van der Waals surface area (Å²) in [6, 6.07) is 6.54. The van der Waals surface area contributed by atoms with Crippen molar-refractivity contribution in [2.24, 2.45) is 7.05 Å². The molecule has 0 radical (unpaired) electrons. The average molecular weight is 310 g/mol. The minimum Gasteiger partial charge on any atom is -0.392 e. The summed E-state index contributed by atoms with van der Waals surface area (Å²) >= 11 is 6.00. The Bertz CT molecular complexity index is 646. The zero-order chi connectivity index (χ0) is 15.0. The quantitative estimate of drug-likeness (QED) is 0.947. The fourth-order valence-electron chi connectivity index (χ4n) is 2.87. The Morgan fingerprint density at radius 2 is 2.29 bits per heavy atom. The highest BCUT2D eigenvalue weighted by molar-refractivity contribution is 6.29. The second-order valence-corrected chi connectivity index (χ2v) is 5.83. The molecule has 1 fully saturated rings. The molecular formula is C15H17ClFN3O. The lowest BCUT2D eigenvalue weighted by molar-refractivity contribution is 0.171. The molecule has 0 unspecified atom stereocenters. The lowest BCUT2D eigenvalue weighted by atomic mass is 10.0. The molecule has 6 heteroatoms. The molecule has 1 saturated heterocycles. The summed E-state index contributed by atoms with van der Waals surface area (Å²) in [4.78, 5) is 6.39. The van der Waals surface area contributed by atoms with Gasteiger partial charge in [0, 0.05) is 19.6 Å². The molecule has 0 saturated carbocycles. The van der Waals surface area contributed by atoms with Crippen molar-refractivity contribution in [3.63, 3.8) is 0 Å². The summed E-state index contributed by atoms with van der Waals surface area (Å²) in [5.74, 6) is 0.573. The minimum absolute atomic E-state index is 0.00817. The highest BCUT2D eigenvalue weighted by atomic mass is 35.5. The SMILES string of the molecule is Cn1c(Cl)cnc1CN1C[C@@H](O)C[C@H]1c1cccc(F)c1. The summed E-state index contributed by atoms with van der Waals surface area (Å²) in [5.41, 5.74) is 0.881. The molecule has 0 amide bonds. The molecule has 0 spiro atoms. The van der Waals surface area contributed by atoms with Crippen LogP contribution in [-0.2, 0) is 13.6 Å². The van der Waals surface area contributed by atoms with E-state index in [9.17, 15) is 9.50 Å². The molecule has 0 aliphatic carbocycles. The number of benzene rings is 1. The molecule has 1 aromatic heterocycles. The van der Waals surface area contributed by atoms with E-state index < -0.39 is 6.10 Å². The summed E-state index contributed by atoms with van der Waals surface area (Å²) in [6.07, 6.45) is 1.80. The number of likely N-dealkylation sites (tertiary alicyclic amines) is 1. The van der Waals surface area contributed by atoms with Gasteiger partial charge in [0.15, 0.2) is 0 Å². The van der Waals surface area contributed by atoms with Gasteiger partial charge in [-0.3, -0.25) is 4.90 Å². The van der Waals surface area contributed by atoms with Gasteiger partial charge in [-0.1, -0.05) is 23.7 Å². The van der Waals surface area contributed by atoms with E-state index in [4.69, 9.17) is 11.6 Å². The number of aliphatic hydroxyl groups excluding tert-OH is 1. The zero-order valence-electron chi connectivity index (χ0n) is 11.7. The van der Waals surface area contributed by atoms with Crippen molar-refractivity contribution in [2.45, 2.75) is 25.1 Å². The fraction of sp³-hybridized carbons (Fsp3) is 0.400. The topological polar surface area (TPSA) is 41.3 Å². The van der Waals surface area contributed by atoms with Gasteiger partial charge in [0.05, 0.1) is 18.8 Å². The standard InChI is InChI=1S/C15H17ClFN3O/c1-19-14(16)7-18-15(19)9-20-8-12(21)6-13(20)10-3-2-4-11(17)5-10/h2-5,7,12-13,21H,6,8-9H2,1H3/t12-,13-/m0/s1. The van der Waals surface area contributed by atoms with Gasteiger partial charge in [-0.15, -0.1) is 0 Å². The molecule has 21 heavy (non-hydrogen) atoms. The van der Waals surface area contributed by atoms with Gasteiger partial charge >= 0.3 is 0 Å². The first-order valence-electron chi connectivity index (χ1n) is 6.88. The number of nitrogens with zero attached hydrogens (tertiary/aromatic N) is 3. The number of hydrogen-bond acceptors (Lipinski definition) is 3. The Morgan fingerprint density at radius 3 is 2.95 bits per heavy atom. The third kappa shape index (κ3) is 2.95. The van der Waals surface area contributed by atoms with Gasteiger partial charge in [-0.05, 0) is 24.1 Å². The van der Waals surface area contributed by atoms with Crippen molar-refractivity contribution in [1.82, 2.24) is 14.5 Å². The largest absolute Gasteiger partial charge is 0.392 e. The van der Waals surface area contributed by atoms with Gasteiger partial charge < -0.3 is 9.67 Å². The Kier molecular flexibility index (Phi) is 3.97. The van der Waals surface area contributed by atoms with Crippen LogP contribution in [0.4, 0.5) is 4.39 Å². The highest BCUT2D eigenvalue weighted by Gasteiger charge is 2.32. The second-order valence-electron chi connectivity index (χ2n) is 5.45. The van der Waals surface area contributed by atoms with E-state index in [1.54, 1.807) is 12.3 Å². The van der Waals surface area contributed by atoms with Gasteiger partial charge in [-0.25, -0.2) is 9.37 Å². The number of halogens is 2. The third-order valence-corrected chi connectivity index (χ3v) is 4.34. The maximum absolute atomic E-state index is 13.4. The molecule has 2 atom stereocenters. The van der Waals surface area contributed by atoms with Crippen molar-refractivity contribution in [3.8, 4) is 0 Å². The van der Waals surface area contributed by atoms with Crippen LogP contribution in [0.2, 0.25) is 5.15 Å². The van der Waals surface area contributed by atoms with Crippen LogP contribution in [0, 0.1) is 5.82 Å². The van der Waals surface area contributed by atoms with Crippen molar-refractivity contribution in [2.75, 3.05) is 6.54 Å². The van der Waals surface area contributed by atoms with Crippen molar-refractivity contribution >= 4 is 11.6 Å². The van der Waals surface area contributed by atoms with Crippen molar-refractivity contribution < 1.29 is 9.50 Å². The lowest BCUT2D eigenvalue weighted by Gasteiger charge is -2.24.